The van der Waals surface area contributed by atoms with Gasteiger partial charge in [-0.2, -0.15) is 5.10 Å². The van der Waals surface area contributed by atoms with E-state index >= 15 is 0 Å². The summed E-state index contributed by atoms with van der Waals surface area (Å²) < 4.78 is 19.1. The van der Waals surface area contributed by atoms with Crippen LogP contribution < -0.4 is 10.2 Å². The number of carbonyl (C=O) groups is 1. The van der Waals surface area contributed by atoms with Crippen molar-refractivity contribution in [2.24, 2.45) is 5.10 Å². The normalized spacial score (nSPS) is 10.9. The van der Waals surface area contributed by atoms with Crippen molar-refractivity contribution in [1.29, 1.82) is 0 Å². The number of nitro groups is 1. The van der Waals surface area contributed by atoms with Gasteiger partial charge in [0.15, 0.2) is 0 Å². The molecule has 0 radical (unpaired) electrons. The molecule has 0 fully saturated rings. The third-order valence-corrected chi connectivity index (χ3v) is 4.92. The quantitative estimate of drug-likeness (QED) is 0.240. The van der Waals surface area contributed by atoms with Crippen molar-refractivity contribution in [2.45, 2.75) is 6.61 Å². The van der Waals surface area contributed by atoms with E-state index < -0.39 is 10.8 Å². The highest BCUT2D eigenvalue weighted by Gasteiger charge is 2.12. The summed E-state index contributed by atoms with van der Waals surface area (Å²) in [7, 11) is 0. The van der Waals surface area contributed by atoms with Crippen LogP contribution in [0.4, 0.5) is 10.1 Å². The number of hydrazone groups is 1. The summed E-state index contributed by atoms with van der Waals surface area (Å²) in [5, 5.41) is 16.8. The van der Waals surface area contributed by atoms with Crippen LogP contribution in [0.3, 0.4) is 0 Å². The number of nitro benzene ring substituents is 1. The van der Waals surface area contributed by atoms with E-state index in [0.717, 1.165) is 16.3 Å². The first-order chi connectivity index (χ1) is 16.0. The summed E-state index contributed by atoms with van der Waals surface area (Å²) in [5.74, 6) is -0.368. The smallest absolute Gasteiger partial charge is 0.271 e. The first kappa shape index (κ1) is 21.6. The molecule has 0 atom stereocenters. The highest BCUT2D eigenvalue weighted by Crippen LogP contribution is 2.27. The molecular weight excluding hydrogens is 425 g/mol. The van der Waals surface area contributed by atoms with Crippen LogP contribution in [0.1, 0.15) is 21.5 Å². The molecule has 0 aliphatic carbocycles. The highest BCUT2D eigenvalue weighted by atomic mass is 19.1. The van der Waals surface area contributed by atoms with Gasteiger partial charge in [0.05, 0.1) is 11.1 Å². The molecule has 0 saturated carbocycles. The van der Waals surface area contributed by atoms with Gasteiger partial charge in [0, 0.05) is 23.3 Å². The van der Waals surface area contributed by atoms with Crippen LogP contribution in [0, 0.1) is 15.9 Å². The van der Waals surface area contributed by atoms with Gasteiger partial charge in [-0.3, -0.25) is 14.9 Å². The van der Waals surface area contributed by atoms with Crippen molar-refractivity contribution in [3.63, 3.8) is 0 Å². The fourth-order valence-corrected chi connectivity index (χ4v) is 3.26. The third-order valence-electron chi connectivity index (χ3n) is 4.92. The van der Waals surface area contributed by atoms with E-state index in [1.54, 1.807) is 18.2 Å². The van der Waals surface area contributed by atoms with E-state index in [4.69, 9.17) is 4.74 Å². The summed E-state index contributed by atoms with van der Waals surface area (Å²) in [6, 6.07) is 22.8. The molecule has 0 aliphatic rings. The van der Waals surface area contributed by atoms with Crippen molar-refractivity contribution in [3.8, 4) is 5.75 Å². The SMILES string of the molecule is O=C(N/N=C\c1c(OCc2ccc(F)cc2)ccc2ccccc12)c1cccc([N+](=O)[O-])c1. The minimum atomic E-state index is -0.580. The van der Waals surface area contributed by atoms with Crippen molar-refractivity contribution < 1.29 is 18.8 Å². The second-order valence-corrected chi connectivity index (χ2v) is 7.12. The number of carbonyl (C=O) groups excluding carboxylic acids is 1. The standard InChI is InChI=1S/C25H18FN3O4/c26-20-11-8-17(9-12-20)16-33-24-13-10-18-4-1-2-7-22(18)23(24)15-27-28-25(30)19-5-3-6-21(14-19)29(31)32/h1-15H,16H2,(H,28,30)/b27-15-. The number of amides is 1. The largest absolute Gasteiger partial charge is 0.488 e. The second kappa shape index (κ2) is 9.69. The van der Waals surface area contributed by atoms with Crippen LogP contribution in [-0.4, -0.2) is 17.0 Å². The zero-order chi connectivity index (χ0) is 23.2. The Morgan fingerprint density at radius 3 is 2.61 bits per heavy atom. The van der Waals surface area contributed by atoms with Crippen LogP contribution in [-0.2, 0) is 6.61 Å². The molecule has 0 bridgehead atoms. The van der Waals surface area contributed by atoms with Gasteiger partial charge in [-0.1, -0.05) is 48.5 Å². The van der Waals surface area contributed by atoms with Crippen molar-refractivity contribution in [1.82, 2.24) is 5.43 Å². The van der Waals surface area contributed by atoms with E-state index in [9.17, 15) is 19.3 Å². The maximum Gasteiger partial charge on any atom is 0.271 e. The number of ether oxygens (including phenoxy) is 1. The fraction of sp³-hybridized carbons (Fsp3) is 0.0400. The summed E-state index contributed by atoms with van der Waals surface area (Å²) >= 11 is 0. The van der Waals surface area contributed by atoms with Gasteiger partial charge in [0.25, 0.3) is 11.6 Å². The third kappa shape index (κ3) is 5.19. The minimum absolute atomic E-state index is 0.118. The molecule has 0 aliphatic heterocycles. The topological polar surface area (TPSA) is 93.8 Å². The number of hydrogen-bond acceptors (Lipinski definition) is 5. The van der Waals surface area contributed by atoms with Gasteiger partial charge < -0.3 is 4.74 Å². The summed E-state index contributed by atoms with van der Waals surface area (Å²) in [5.41, 5.74) is 3.78. The van der Waals surface area contributed by atoms with Gasteiger partial charge in [-0.05, 0) is 40.6 Å². The Kier molecular flexibility index (Phi) is 6.36. The van der Waals surface area contributed by atoms with E-state index in [-0.39, 0.29) is 23.7 Å². The Labute approximate surface area is 188 Å². The van der Waals surface area contributed by atoms with E-state index in [1.165, 1.54) is 42.6 Å². The van der Waals surface area contributed by atoms with Crippen LogP contribution in [0.25, 0.3) is 10.8 Å². The molecule has 1 amide bonds. The number of non-ortho nitro benzene ring substituents is 1. The van der Waals surface area contributed by atoms with Crippen LogP contribution in [0.2, 0.25) is 0 Å². The van der Waals surface area contributed by atoms with E-state index in [2.05, 4.69) is 10.5 Å². The summed E-state index contributed by atoms with van der Waals surface area (Å²) in [6.45, 7) is 0.222. The second-order valence-electron chi connectivity index (χ2n) is 7.12. The lowest BCUT2D eigenvalue weighted by molar-refractivity contribution is -0.384. The molecule has 7 nitrogen and oxygen atoms in total. The Morgan fingerprint density at radius 2 is 1.82 bits per heavy atom. The zero-order valence-corrected chi connectivity index (χ0v) is 17.3. The summed E-state index contributed by atoms with van der Waals surface area (Å²) in [4.78, 5) is 22.7. The highest BCUT2D eigenvalue weighted by molar-refractivity contribution is 6.03. The molecular formula is C25H18FN3O4. The molecule has 4 aromatic carbocycles. The number of halogens is 1. The van der Waals surface area contributed by atoms with Gasteiger partial charge in [0.2, 0.25) is 0 Å². The van der Waals surface area contributed by atoms with Gasteiger partial charge in [0.1, 0.15) is 18.2 Å². The number of benzene rings is 4. The van der Waals surface area contributed by atoms with E-state index in [1.807, 2.05) is 30.3 Å². The van der Waals surface area contributed by atoms with Crippen molar-refractivity contribution >= 4 is 28.6 Å². The predicted molar refractivity (Wildman–Crippen MR) is 123 cm³/mol. The Hall–Kier alpha value is -4.59. The molecule has 0 heterocycles. The molecule has 4 aromatic rings. The van der Waals surface area contributed by atoms with Crippen molar-refractivity contribution in [2.75, 3.05) is 0 Å². The fourth-order valence-electron chi connectivity index (χ4n) is 3.26. The number of rotatable bonds is 7. The van der Waals surface area contributed by atoms with Crippen LogP contribution in [0.15, 0.2) is 90.0 Å². The molecule has 8 heteroatoms. The maximum absolute atomic E-state index is 13.2. The number of nitrogens with one attached hydrogen (secondary N) is 1. The van der Waals surface area contributed by atoms with E-state index in [0.29, 0.717) is 11.3 Å². The summed E-state index contributed by atoms with van der Waals surface area (Å²) in [6.07, 6.45) is 1.47. The minimum Gasteiger partial charge on any atom is -0.488 e. The Morgan fingerprint density at radius 1 is 1.03 bits per heavy atom. The van der Waals surface area contributed by atoms with Gasteiger partial charge in [-0.15, -0.1) is 0 Å². The first-order valence-corrected chi connectivity index (χ1v) is 9.98. The van der Waals surface area contributed by atoms with Crippen molar-refractivity contribution in [3.05, 3.63) is 118 Å². The lowest BCUT2D eigenvalue weighted by Crippen LogP contribution is -2.17. The Balaban J connectivity index is 1.57. The molecule has 0 spiro atoms. The van der Waals surface area contributed by atoms with Crippen LogP contribution in [0.5, 0.6) is 5.75 Å². The monoisotopic (exact) mass is 443 g/mol. The van der Waals surface area contributed by atoms with Gasteiger partial charge >= 0.3 is 0 Å². The Bertz CT molecular complexity index is 1350. The number of nitrogens with zero attached hydrogens (tertiary/aromatic N) is 2. The number of fused-ring (bicyclic) bond motifs is 1. The molecule has 0 aromatic heterocycles. The predicted octanol–water partition coefficient (Wildman–Crippen LogP) is 5.23. The zero-order valence-electron chi connectivity index (χ0n) is 17.3. The lowest BCUT2D eigenvalue weighted by atomic mass is 10.0. The number of hydrogen-bond donors (Lipinski definition) is 1. The average molecular weight is 443 g/mol. The average Bonchev–Trinajstić information content (AvgIpc) is 2.84. The maximum atomic E-state index is 13.2. The molecule has 0 saturated heterocycles. The van der Waals surface area contributed by atoms with Crippen LogP contribution >= 0.6 is 0 Å². The van der Waals surface area contributed by atoms with Gasteiger partial charge in [-0.25, -0.2) is 9.82 Å². The lowest BCUT2D eigenvalue weighted by Gasteiger charge is -2.12. The molecule has 0 unspecified atom stereocenters. The first-order valence-electron chi connectivity index (χ1n) is 9.98. The molecule has 164 valence electrons. The molecule has 33 heavy (non-hydrogen) atoms. The molecule has 4 rings (SSSR count). The molecule has 1 N–H and O–H groups in total.